The Bertz CT molecular complexity index is 406. The quantitative estimate of drug-likeness (QED) is 0.705. The molecule has 0 aromatic heterocycles. The smallest absolute Gasteiger partial charge is 0.124 e. The molecule has 112 valence electrons. The van der Waals surface area contributed by atoms with Gasteiger partial charge in [0.2, 0.25) is 0 Å². The number of benzene rings is 1. The Labute approximate surface area is 121 Å². The van der Waals surface area contributed by atoms with E-state index in [2.05, 4.69) is 11.4 Å². The van der Waals surface area contributed by atoms with Crippen molar-refractivity contribution >= 4 is 0 Å². The SMILES string of the molecule is CNC(c1ccccc1OCCOC)C(OC)C1CC1. The second-order valence-electron chi connectivity index (χ2n) is 5.18. The zero-order chi connectivity index (χ0) is 14.4. The summed E-state index contributed by atoms with van der Waals surface area (Å²) in [7, 11) is 5.45. The summed E-state index contributed by atoms with van der Waals surface area (Å²) < 4.78 is 16.6. The molecule has 0 amide bonds. The first kappa shape index (κ1) is 15.3. The molecule has 1 aromatic rings. The second-order valence-corrected chi connectivity index (χ2v) is 5.18. The normalized spacial score (nSPS) is 17.8. The average Bonchev–Trinajstić information content (AvgIpc) is 3.30. The van der Waals surface area contributed by atoms with Gasteiger partial charge in [-0.05, 0) is 31.9 Å². The number of hydrogen-bond acceptors (Lipinski definition) is 4. The summed E-state index contributed by atoms with van der Waals surface area (Å²) in [4.78, 5) is 0. The molecule has 2 unspecified atom stereocenters. The summed E-state index contributed by atoms with van der Waals surface area (Å²) in [5, 5.41) is 3.39. The van der Waals surface area contributed by atoms with E-state index in [0.717, 1.165) is 11.3 Å². The largest absolute Gasteiger partial charge is 0.491 e. The number of ether oxygens (including phenoxy) is 3. The van der Waals surface area contributed by atoms with Crippen molar-refractivity contribution < 1.29 is 14.2 Å². The van der Waals surface area contributed by atoms with Gasteiger partial charge >= 0.3 is 0 Å². The lowest BCUT2D eigenvalue weighted by Crippen LogP contribution is -2.33. The fourth-order valence-electron chi connectivity index (χ4n) is 2.63. The summed E-state index contributed by atoms with van der Waals surface area (Å²) in [6.45, 7) is 1.15. The molecule has 1 saturated carbocycles. The molecule has 1 N–H and O–H groups in total. The van der Waals surface area contributed by atoms with Crippen molar-refractivity contribution in [2.24, 2.45) is 5.92 Å². The maximum absolute atomic E-state index is 5.83. The summed E-state index contributed by atoms with van der Waals surface area (Å²) in [5.41, 5.74) is 1.16. The molecular formula is C16H25NO3. The fraction of sp³-hybridized carbons (Fsp3) is 0.625. The molecule has 0 heterocycles. The van der Waals surface area contributed by atoms with E-state index >= 15 is 0 Å². The van der Waals surface area contributed by atoms with Crippen LogP contribution in [0.3, 0.4) is 0 Å². The number of para-hydroxylation sites is 1. The van der Waals surface area contributed by atoms with Crippen molar-refractivity contribution in [3.8, 4) is 5.75 Å². The summed E-state index contributed by atoms with van der Waals surface area (Å²) in [6, 6.07) is 8.32. The van der Waals surface area contributed by atoms with Gasteiger partial charge < -0.3 is 19.5 Å². The molecule has 0 radical (unpaired) electrons. The molecule has 1 aromatic carbocycles. The van der Waals surface area contributed by atoms with E-state index in [1.807, 2.05) is 25.2 Å². The maximum Gasteiger partial charge on any atom is 0.124 e. The highest BCUT2D eigenvalue weighted by atomic mass is 16.5. The van der Waals surface area contributed by atoms with E-state index in [4.69, 9.17) is 14.2 Å². The van der Waals surface area contributed by atoms with E-state index in [0.29, 0.717) is 19.1 Å². The van der Waals surface area contributed by atoms with Gasteiger partial charge in [0.15, 0.2) is 0 Å². The molecule has 0 bridgehead atoms. The summed E-state index contributed by atoms with van der Waals surface area (Å²) in [6.07, 6.45) is 2.71. The first-order valence-corrected chi connectivity index (χ1v) is 7.22. The van der Waals surface area contributed by atoms with Gasteiger partial charge in [0.1, 0.15) is 12.4 Å². The Hall–Kier alpha value is -1.10. The van der Waals surface area contributed by atoms with Gasteiger partial charge in [-0.25, -0.2) is 0 Å². The van der Waals surface area contributed by atoms with E-state index < -0.39 is 0 Å². The Balaban J connectivity index is 2.15. The average molecular weight is 279 g/mol. The van der Waals surface area contributed by atoms with Gasteiger partial charge in [0.25, 0.3) is 0 Å². The van der Waals surface area contributed by atoms with Crippen LogP contribution in [0.4, 0.5) is 0 Å². The van der Waals surface area contributed by atoms with Crippen molar-refractivity contribution in [2.45, 2.75) is 25.0 Å². The number of hydrogen-bond donors (Lipinski definition) is 1. The molecule has 0 saturated heterocycles. The maximum atomic E-state index is 5.83. The standard InChI is InChI=1S/C16H25NO3/c1-17-15(16(19-3)12-8-9-12)13-6-4-5-7-14(13)20-11-10-18-2/h4-7,12,15-17H,8-11H2,1-3H3. The minimum absolute atomic E-state index is 0.159. The summed E-state index contributed by atoms with van der Waals surface area (Å²) >= 11 is 0. The number of rotatable bonds is 9. The van der Waals surface area contributed by atoms with Gasteiger partial charge in [-0.3, -0.25) is 0 Å². The van der Waals surface area contributed by atoms with Gasteiger partial charge in [0.05, 0.1) is 18.8 Å². The van der Waals surface area contributed by atoms with Crippen molar-refractivity contribution in [2.75, 3.05) is 34.5 Å². The Kier molecular flexibility index (Phi) is 5.83. The predicted molar refractivity (Wildman–Crippen MR) is 79.1 cm³/mol. The van der Waals surface area contributed by atoms with Crippen LogP contribution in [0.5, 0.6) is 5.75 Å². The monoisotopic (exact) mass is 279 g/mol. The molecule has 4 nitrogen and oxygen atoms in total. The van der Waals surface area contributed by atoms with Crippen molar-refractivity contribution in [3.05, 3.63) is 29.8 Å². The van der Waals surface area contributed by atoms with Crippen LogP contribution in [0.15, 0.2) is 24.3 Å². The molecular weight excluding hydrogens is 254 g/mol. The third-order valence-corrected chi connectivity index (χ3v) is 3.80. The van der Waals surface area contributed by atoms with Gasteiger partial charge in [-0.2, -0.15) is 0 Å². The molecule has 0 spiro atoms. The lowest BCUT2D eigenvalue weighted by Gasteiger charge is -2.27. The first-order valence-electron chi connectivity index (χ1n) is 7.22. The van der Waals surface area contributed by atoms with Crippen LogP contribution in [0.1, 0.15) is 24.4 Å². The zero-order valence-electron chi connectivity index (χ0n) is 12.6. The highest BCUT2D eigenvalue weighted by molar-refractivity contribution is 5.37. The van der Waals surface area contributed by atoms with E-state index in [-0.39, 0.29) is 12.1 Å². The molecule has 2 rings (SSSR count). The van der Waals surface area contributed by atoms with Crippen LogP contribution in [0.2, 0.25) is 0 Å². The van der Waals surface area contributed by atoms with Crippen LogP contribution in [0, 0.1) is 5.92 Å². The second kappa shape index (κ2) is 7.62. The molecule has 1 fully saturated rings. The van der Waals surface area contributed by atoms with Crippen molar-refractivity contribution in [1.29, 1.82) is 0 Å². The minimum Gasteiger partial charge on any atom is -0.491 e. The molecule has 20 heavy (non-hydrogen) atoms. The van der Waals surface area contributed by atoms with E-state index in [1.165, 1.54) is 12.8 Å². The highest BCUT2D eigenvalue weighted by Gasteiger charge is 2.37. The highest BCUT2D eigenvalue weighted by Crippen LogP contribution is 2.41. The zero-order valence-corrected chi connectivity index (χ0v) is 12.6. The van der Waals surface area contributed by atoms with Gasteiger partial charge in [-0.1, -0.05) is 18.2 Å². The Morgan fingerprint density at radius 3 is 2.55 bits per heavy atom. The molecule has 4 heteroatoms. The Morgan fingerprint density at radius 2 is 1.95 bits per heavy atom. The van der Waals surface area contributed by atoms with Crippen molar-refractivity contribution in [1.82, 2.24) is 5.32 Å². The van der Waals surface area contributed by atoms with Crippen LogP contribution >= 0.6 is 0 Å². The minimum atomic E-state index is 0.159. The lowest BCUT2D eigenvalue weighted by atomic mass is 9.97. The Morgan fingerprint density at radius 1 is 1.20 bits per heavy atom. The number of likely N-dealkylation sites (N-methyl/N-ethyl adjacent to an activating group) is 1. The van der Waals surface area contributed by atoms with Crippen LogP contribution in [-0.2, 0) is 9.47 Å². The molecule has 0 aliphatic heterocycles. The van der Waals surface area contributed by atoms with Gasteiger partial charge in [0, 0.05) is 19.8 Å². The van der Waals surface area contributed by atoms with Crippen LogP contribution in [0.25, 0.3) is 0 Å². The fourth-order valence-corrected chi connectivity index (χ4v) is 2.63. The summed E-state index contributed by atoms with van der Waals surface area (Å²) in [5.74, 6) is 1.57. The third-order valence-electron chi connectivity index (χ3n) is 3.80. The molecule has 2 atom stereocenters. The van der Waals surface area contributed by atoms with E-state index in [9.17, 15) is 0 Å². The number of nitrogens with one attached hydrogen (secondary N) is 1. The van der Waals surface area contributed by atoms with Crippen LogP contribution in [-0.4, -0.2) is 40.6 Å². The van der Waals surface area contributed by atoms with E-state index in [1.54, 1.807) is 14.2 Å². The first-order chi connectivity index (χ1) is 9.81. The van der Waals surface area contributed by atoms with Crippen LogP contribution < -0.4 is 10.1 Å². The van der Waals surface area contributed by atoms with Crippen molar-refractivity contribution in [3.63, 3.8) is 0 Å². The predicted octanol–water partition coefficient (Wildman–Crippen LogP) is 2.40. The van der Waals surface area contributed by atoms with Gasteiger partial charge in [-0.15, -0.1) is 0 Å². The molecule has 1 aliphatic carbocycles. The lowest BCUT2D eigenvalue weighted by molar-refractivity contribution is 0.0517. The topological polar surface area (TPSA) is 39.7 Å². The number of methoxy groups -OCH3 is 2. The third kappa shape index (κ3) is 3.72. The molecule has 1 aliphatic rings.